The third-order valence-corrected chi connectivity index (χ3v) is 4.51. The van der Waals surface area contributed by atoms with Crippen molar-refractivity contribution in [1.82, 2.24) is 9.88 Å². The number of carboxylic acid groups (broad SMARTS) is 1. The van der Waals surface area contributed by atoms with Crippen LogP contribution in [0.2, 0.25) is 0 Å². The van der Waals surface area contributed by atoms with Crippen LogP contribution in [0.3, 0.4) is 0 Å². The number of carbonyl (C=O) groups is 2. The van der Waals surface area contributed by atoms with Gasteiger partial charge in [-0.25, -0.2) is 4.79 Å². The van der Waals surface area contributed by atoms with Gasteiger partial charge in [-0.1, -0.05) is 18.2 Å². The summed E-state index contributed by atoms with van der Waals surface area (Å²) in [5.74, 6) is -0.559. The van der Waals surface area contributed by atoms with Gasteiger partial charge in [0.25, 0.3) is 0 Å². The highest BCUT2D eigenvalue weighted by atomic mass is 16.4. The highest BCUT2D eigenvalue weighted by Gasteiger charge is 2.23. The molecule has 0 unspecified atom stereocenters. The molecule has 5 nitrogen and oxygen atoms in total. The van der Waals surface area contributed by atoms with Crippen molar-refractivity contribution in [3.8, 4) is 11.1 Å². The molecule has 1 aliphatic heterocycles. The maximum absolute atomic E-state index is 11.6. The molecule has 1 N–H and O–H groups in total. The van der Waals surface area contributed by atoms with Crippen molar-refractivity contribution in [2.24, 2.45) is 0 Å². The van der Waals surface area contributed by atoms with Crippen LogP contribution in [-0.4, -0.2) is 40.0 Å². The molecule has 0 saturated carbocycles. The van der Waals surface area contributed by atoms with E-state index in [0.29, 0.717) is 0 Å². The number of aromatic carboxylic acids is 1. The van der Waals surface area contributed by atoms with Crippen molar-refractivity contribution in [3.05, 3.63) is 53.9 Å². The number of piperidine rings is 1. The number of likely N-dealkylation sites (tertiary alicyclic amines) is 1. The summed E-state index contributed by atoms with van der Waals surface area (Å²) in [5, 5.41) is 9.09. The normalized spacial score (nSPS) is 17.5. The Balaban J connectivity index is 1.79. The van der Waals surface area contributed by atoms with Crippen molar-refractivity contribution < 1.29 is 14.7 Å². The van der Waals surface area contributed by atoms with Gasteiger partial charge in [0.15, 0.2) is 0 Å². The first kappa shape index (κ1) is 16.2. The van der Waals surface area contributed by atoms with Gasteiger partial charge in [0, 0.05) is 43.4 Å². The molecule has 0 radical (unpaired) electrons. The van der Waals surface area contributed by atoms with Gasteiger partial charge >= 0.3 is 5.97 Å². The second-order valence-electron chi connectivity index (χ2n) is 6.16. The third-order valence-electron chi connectivity index (χ3n) is 4.51. The zero-order chi connectivity index (χ0) is 17.1. The highest BCUT2D eigenvalue weighted by Crippen LogP contribution is 2.27. The van der Waals surface area contributed by atoms with Crippen LogP contribution in [0, 0.1) is 0 Å². The summed E-state index contributed by atoms with van der Waals surface area (Å²) in [4.78, 5) is 29.1. The lowest BCUT2D eigenvalue weighted by Gasteiger charge is -2.31. The Hall–Kier alpha value is -2.69. The number of pyridine rings is 1. The van der Waals surface area contributed by atoms with Crippen LogP contribution >= 0.6 is 0 Å². The zero-order valence-corrected chi connectivity index (χ0v) is 13.6. The zero-order valence-electron chi connectivity index (χ0n) is 13.6. The first-order chi connectivity index (χ1) is 11.5. The predicted molar refractivity (Wildman–Crippen MR) is 90.9 cm³/mol. The van der Waals surface area contributed by atoms with Crippen LogP contribution in [-0.2, 0) is 4.79 Å². The minimum atomic E-state index is -0.937. The van der Waals surface area contributed by atoms with E-state index < -0.39 is 5.97 Å². The lowest BCUT2D eigenvalue weighted by molar-refractivity contribution is -0.130. The molecule has 1 fully saturated rings. The van der Waals surface area contributed by atoms with Gasteiger partial charge < -0.3 is 10.0 Å². The number of hydrogen-bond acceptors (Lipinski definition) is 3. The fraction of sp³-hybridized carbons (Fsp3) is 0.316. The van der Waals surface area contributed by atoms with Crippen LogP contribution in [0.4, 0.5) is 0 Å². The number of rotatable bonds is 3. The molecule has 1 atom stereocenters. The molecule has 1 amide bonds. The van der Waals surface area contributed by atoms with Crippen LogP contribution in [0.25, 0.3) is 11.1 Å². The summed E-state index contributed by atoms with van der Waals surface area (Å²) in [6.45, 7) is 3.15. The Morgan fingerprint density at radius 2 is 2.04 bits per heavy atom. The number of amides is 1. The lowest BCUT2D eigenvalue weighted by Crippen LogP contribution is -2.37. The van der Waals surface area contributed by atoms with E-state index in [1.165, 1.54) is 0 Å². The Kier molecular flexibility index (Phi) is 4.60. The second kappa shape index (κ2) is 6.83. The van der Waals surface area contributed by atoms with Gasteiger partial charge in [0.1, 0.15) is 0 Å². The summed E-state index contributed by atoms with van der Waals surface area (Å²) in [5.41, 5.74) is 2.98. The number of benzene rings is 1. The molecule has 1 saturated heterocycles. The Morgan fingerprint density at radius 3 is 2.71 bits per heavy atom. The molecule has 0 spiro atoms. The fourth-order valence-corrected chi connectivity index (χ4v) is 3.15. The van der Waals surface area contributed by atoms with Gasteiger partial charge in [-0.15, -0.1) is 0 Å². The van der Waals surface area contributed by atoms with Crippen LogP contribution in [0.15, 0.2) is 42.6 Å². The molecule has 2 aromatic rings. The van der Waals surface area contributed by atoms with E-state index in [2.05, 4.69) is 4.98 Å². The number of carbonyl (C=O) groups excluding carboxylic acids is 1. The molecular formula is C19H20N2O3. The average molecular weight is 324 g/mol. The molecule has 3 rings (SSSR count). The summed E-state index contributed by atoms with van der Waals surface area (Å²) in [7, 11) is 0. The second-order valence-corrected chi connectivity index (χ2v) is 6.16. The number of hydrogen-bond donors (Lipinski definition) is 1. The van der Waals surface area contributed by atoms with E-state index in [1.54, 1.807) is 31.3 Å². The van der Waals surface area contributed by atoms with Crippen molar-refractivity contribution in [2.75, 3.05) is 13.1 Å². The van der Waals surface area contributed by atoms with E-state index in [1.807, 2.05) is 23.1 Å². The minimum Gasteiger partial charge on any atom is -0.478 e. The fourth-order valence-electron chi connectivity index (χ4n) is 3.15. The SMILES string of the molecule is CC(=O)N1CCC[C@@H](c2ccc(-c3cccc(C(=O)O)c3)cn2)C1. The summed E-state index contributed by atoms with van der Waals surface area (Å²) < 4.78 is 0. The van der Waals surface area contributed by atoms with Crippen LogP contribution < -0.4 is 0 Å². The van der Waals surface area contributed by atoms with Crippen LogP contribution in [0.5, 0.6) is 0 Å². The molecule has 1 aliphatic rings. The van der Waals surface area contributed by atoms with Crippen molar-refractivity contribution in [3.63, 3.8) is 0 Å². The third kappa shape index (κ3) is 3.45. The molecular weight excluding hydrogens is 304 g/mol. The molecule has 0 aliphatic carbocycles. The van der Waals surface area contributed by atoms with Crippen molar-refractivity contribution in [1.29, 1.82) is 0 Å². The Morgan fingerprint density at radius 1 is 1.21 bits per heavy atom. The van der Waals surface area contributed by atoms with E-state index in [4.69, 9.17) is 5.11 Å². The number of aromatic nitrogens is 1. The lowest BCUT2D eigenvalue weighted by atomic mass is 9.93. The van der Waals surface area contributed by atoms with E-state index >= 15 is 0 Å². The van der Waals surface area contributed by atoms with Crippen LogP contribution in [0.1, 0.15) is 41.7 Å². The number of nitrogens with zero attached hydrogens (tertiary/aromatic N) is 2. The van der Waals surface area contributed by atoms with E-state index in [-0.39, 0.29) is 17.4 Å². The molecule has 24 heavy (non-hydrogen) atoms. The molecule has 2 heterocycles. The molecule has 124 valence electrons. The predicted octanol–water partition coefficient (Wildman–Crippen LogP) is 3.17. The van der Waals surface area contributed by atoms with Gasteiger partial charge in [-0.05, 0) is 36.6 Å². The van der Waals surface area contributed by atoms with E-state index in [9.17, 15) is 9.59 Å². The monoisotopic (exact) mass is 324 g/mol. The minimum absolute atomic E-state index is 0.113. The van der Waals surface area contributed by atoms with Crippen molar-refractivity contribution in [2.45, 2.75) is 25.7 Å². The topological polar surface area (TPSA) is 70.5 Å². The maximum atomic E-state index is 11.6. The Bertz CT molecular complexity index is 755. The number of carboxylic acids is 1. The quantitative estimate of drug-likeness (QED) is 0.941. The smallest absolute Gasteiger partial charge is 0.335 e. The average Bonchev–Trinajstić information content (AvgIpc) is 2.62. The van der Waals surface area contributed by atoms with Gasteiger partial charge in [-0.2, -0.15) is 0 Å². The molecule has 1 aromatic carbocycles. The molecule has 0 bridgehead atoms. The highest BCUT2D eigenvalue weighted by molar-refractivity contribution is 5.89. The summed E-state index contributed by atoms with van der Waals surface area (Å²) in [6.07, 6.45) is 3.81. The van der Waals surface area contributed by atoms with Gasteiger partial charge in [0.05, 0.1) is 5.56 Å². The standard InChI is InChI=1S/C19H20N2O3/c1-13(22)21-9-3-6-17(12-21)18-8-7-16(11-20-18)14-4-2-5-15(10-14)19(23)24/h2,4-5,7-8,10-11,17H,3,6,9,12H2,1H3,(H,23,24)/t17-/m1/s1. The van der Waals surface area contributed by atoms with Gasteiger partial charge in [-0.3, -0.25) is 9.78 Å². The van der Waals surface area contributed by atoms with Gasteiger partial charge in [0.2, 0.25) is 5.91 Å². The largest absolute Gasteiger partial charge is 0.478 e. The van der Waals surface area contributed by atoms with E-state index in [0.717, 1.165) is 42.8 Å². The molecule has 1 aromatic heterocycles. The first-order valence-corrected chi connectivity index (χ1v) is 8.10. The summed E-state index contributed by atoms with van der Waals surface area (Å²) >= 11 is 0. The first-order valence-electron chi connectivity index (χ1n) is 8.10. The maximum Gasteiger partial charge on any atom is 0.335 e. The Labute approximate surface area is 140 Å². The molecule has 5 heteroatoms. The summed E-state index contributed by atoms with van der Waals surface area (Å²) in [6, 6.07) is 10.8. The van der Waals surface area contributed by atoms with Crippen molar-refractivity contribution >= 4 is 11.9 Å².